The summed E-state index contributed by atoms with van der Waals surface area (Å²) in [6.07, 6.45) is -1.64. The van der Waals surface area contributed by atoms with Crippen LogP contribution < -0.4 is 10.6 Å². The van der Waals surface area contributed by atoms with Gasteiger partial charge in [-0.15, -0.1) is 0 Å². The van der Waals surface area contributed by atoms with Crippen LogP contribution in [0.1, 0.15) is 19.4 Å². The van der Waals surface area contributed by atoms with Crippen LogP contribution in [-0.4, -0.2) is 35.7 Å². The third-order valence-corrected chi connectivity index (χ3v) is 3.44. The first-order valence-corrected chi connectivity index (χ1v) is 6.75. The molecular formula is C14H19F3N4. The first-order valence-electron chi connectivity index (χ1n) is 6.75. The van der Waals surface area contributed by atoms with Crippen LogP contribution in [0.15, 0.2) is 30.1 Å². The number of rotatable bonds is 3. The molecule has 0 unspecified atom stereocenters. The van der Waals surface area contributed by atoms with E-state index in [0.717, 1.165) is 24.4 Å². The molecule has 0 fully saturated rings. The van der Waals surface area contributed by atoms with Gasteiger partial charge in [0.15, 0.2) is 0 Å². The Labute approximate surface area is 122 Å². The minimum atomic E-state index is -4.37. The number of aromatic nitrogens is 1. The molecule has 1 aliphatic heterocycles. The monoisotopic (exact) mass is 300 g/mol. The Bertz CT molecular complexity index is 508. The lowest BCUT2D eigenvalue weighted by Gasteiger charge is -2.37. The van der Waals surface area contributed by atoms with Gasteiger partial charge in [0.25, 0.3) is 0 Å². The van der Waals surface area contributed by atoms with Gasteiger partial charge in [0, 0.05) is 31.5 Å². The zero-order valence-corrected chi connectivity index (χ0v) is 12.1. The highest BCUT2D eigenvalue weighted by Crippen LogP contribution is 2.29. The lowest BCUT2D eigenvalue weighted by molar-refractivity contribution is -0.137. The molecule has 0 saturated heterocycles. The van der Waals surface area contributed by atoms with Crippen molar-refractivity contribution in [1.29, 1.82) is 0 Å². The molecular weight excluding hydrogens is 281 g/mol. The van der Waals surface area contributed by atoms with Crippen LogP contribution in [-0.2, 0) is 6.18 Å². The summed E-state index contributed by atoms with van der Waals surface area (Å²) in [6.45, 7) is 5.90. The van der Waals surface area contributed by atoms with E-state index in [1.165, 1.54) is 6.07 Å². The van der Waals surface area contributed by atoms with E-state index in [1.54, 1.807) is 0 Å². The van der Waals surface area contributed by atoms with Gasteiger partial charge in [-0.25, -0.2) is 4.98 Å². The molecule has 0 saturated carbocycles. The molecule has 0 aromatic carbocycles. The quantitative estimate of drug-likeness (QED) is 0.931. The molecule has 2 rings (SSSR count). The Morgan fingerprint density at radius 1 is 1.33 bits per heavy atom. The van der Waals surface area contributed by atoms with Gasteiger partial charge in [-0.05, 0) is 31.6 Å². The molecule has 0 atom stereocenters. The van der Waals surface area contributed by atoms with Crippen LogP contribution in [0.5, 0.6) is 0 Å². The van der Waals surface area contributed by atoms with E-state index in [2.05, 4.69) is 23.7 Å². The van der Waals surface area contributed by atoms with Crippen molar-refractivity contribution in [3.63, 3.8) is 0 Å². The summed E-state index contributed by atoms with van der Waals surface area (Å²) < 4.78 is 37.7. The van der Waals surface area contributed by atoms with Crippen molar-refractivity contribution in [3.05, 3.63) is 35.7 Å². The van der Waals surface area contributed by atoms with E-state index in [0.29, 0.717) is 25.1 Å². The molecule has 0 bridgehead atoms. The second kappa shape index (κ2) is 6.03. The van der Waals surface area contributed by atoms with Crippen LogP contribution in [0, 0.1) is 0 Å². The lowest BCUT2D eigenvalue weighted by atomic mass is 10.2. The highest BCUT2D eigenvalue weighted by atomic mass is 19.4. The van der Waals surface area contributed by atoms with E-state index in [9.17, 15) is 13.2 Å². The summed E-state index contributed by atoms with van der Waals surface area (Å²) in [4.78, 5) is 7.93. The van der Waals surface area contributed by atoms with Gasteiger partial charge < -0.3 is 10.6 Å². The van der Waals surface area contributed by atoms with Crippen molar-refractivity contribution in [1.82, 2.24) is 9.88 Å². The lowest BCUT2D eigenvalue weighted by Crippen LogP contribution is -2.45. The fourth-order valence-electron chi connectivity index (χ4n) is 2.13. The molecule has 1 aliphatic rings. The highest BCUT2D eigenvalue weighted by molar-refractivity contribution is 5.45. The molecule has 0 spiro atoms. The molecule has 7 heteroatoms. The number of nitrogens with two attached hydrogens (primary N) is 1. The molecule has 4 nitrogen and oxygen atoms in total. The van der Waals surface area contributed by atoms with Crippen LogP contribution in [0.4, 0.5) is 19.0 Å². The van der Waals surface area contributed by atoms with E-state index in [4.69, 9.17) is 5.73 Å². The minimum Gasteiger partial charge on any atom is -0.327 e. The third kappa shape index (κ3) is 3.74. The first-order chi connectivity index (χ1) is 9.81. The molecule has 2 heterocycles. The summed E-state index contributed by atoms with van der Waals surface area (Å²) in [7, 11) is 0. The summed E-state index contributed by atoms with van der Waals surface area (Å²) >= 11 is 0. The Kier molecular flexibility index (Phi) is 4.53. The van der Waals surface area contributed by atoms with Crippen molar-refractivity contribution in [2.75, 3.05) is 24.7 Å². The minimum absolute atomic E-state index is 0.317. The molecule has 2 N–H and O–H groups in total. The number of alkyl halides is 3. The fraction of sp³-hybridized carbons (Fsp3) is 0.500. The molecule has 0 aliphatic carbocycles. The summed E-state index contributed by atoms with van der Waals surface area (Å²) in [5.74, 6) is 0.485. The van der Waals surface area contributed by atoms with Gasteiger partial charge in [0.1, 0.15) is 5.82 Å². The third-order valence-electron chi connectivity index (χ3n) is 3.44. The number of hydrogen-bond acceptors (Lipinski definition) is 4. The summed E-state index contributed by atoms with van der Waals surface area (Å²) in [5.41, 5.74) is 5.98. The predicted molar refractivity (Wildman–Crippen MR) is 75.6 cm³/mol. The maximum absolute atomic E-state index is 12.6. The summed E-state index contributed by atoms with van der Waals surface area (Å²) in [6, 6.07) is 2.75. The SMILES string of the molecule is CC(C)N1CC(CN)=CN(c2ccc(C(F)(F)F)cn2)C1. The smallest absolute Gasteiger partial charge is 0.327 e. The standard InChI is InChI=1S/C14H19F3N4/c1-10(2)20-7-11(5-18)8-21(9-20)13-4-3-12(6-19-13)14(15,16)17/h3-4,6,8,10H,5,7,9,18H2,1-2H3. The van der Waals surface area contributed by atoms with Gasteiger partial charge in [-0.2, -0.15) is 13.2 Å². The van der Waals surface area contributed by atoms with Gasteiger partial charge in [-0.3, -0.25) is 4.90 Å². The maximum Gasteiger partial charge on any atom is 0.417 e. The number of anilines is 1. The van der Waals surface area contributed by atoms with E-state index in [-0.39, 0.29) is 0 Å². The normalized spacial score (nSPS) is 17.3. The van der Waals surface area contributed by atoms with Crippen LogP contribution in [0.2, 0.25) is 0 Å². The van der Waals surface area contributed by atoms with Crippen molar-refractivity contribution < 1.29 is 13.2 Å². The van der Waals surface area contributed by atoms with Gasteiger partial charge in [0.2, 0.25) is 0 Å². The zero-order valence-electron chi connectivity index (χ0n) is 12.1. The number of pyridine rings is 1. The molecule has 21 heavy (non-hydrogen) atoms. The first kappa shape index (κ1) is 15.8. The topological polar surface area (TPSA) is 45.4 Å². The average Bonchev–Trinajstić information content (AvgIpc) is 2.46. The molecule has 1 aromatic rings. The molecule has 116 valence electrons. The molecule has 1 aromatic heterocycles. The second-order valence-electron chi connectivity index (χ2n) is 5.35. The fourth-order valence-corrected chi connectivity index (χ4v) is 2.13. The van der Waals surface area contributed by atoms with E-state index < -0.39 is 11.7 Å². The van der Waals surface area contributed by atoms with E-state index >= 15 is 0 Å². The Morgan fingerprint density at radius 3 is 2.52 bits per heavy atom. The van der Waals surface area contributed by atoms with Crippen LogP contribution in [0.25, 0.3) is 0 Å². The molecule has 0 radical (unpaired) electrons. The Morgan fingerprint density at radius 2 is 2.05 bits per heavy atom. The van der Waals surface area contributed by atoms with Crippen molar-refractivity contribution >= 4 is 5.82 Å². The molecule has 0 amide bonds. The average molecular weight is 300 g/mol. The van der Waals surface area contributed by atoms with Crippen LogP contribution >= 0.6 is 0 Å². The van der Waals surface area contributed by atoms with Crippen LogP contribution in [0.3, 0.4) is 0 Å². The summed E-state index contributed by atoms with van der Waals surface area (Å²) in [5, 5.41) is 0. The predicted octanol–water partition coefficient (Wildman–Crippen LogP) is 2.43. The van der Waals surface area contributed by atoms with Crippen molar-refractivity contribution in [3.8, 4) is 0 Å². The highest BCUT2D eigenvalue weighted by Gasteiger charge is 2.31. The van der Waals surface area contributed by atoms with Gasteiger partial charge in [-0.1, -0.05) is 0 Å². The Balaban J connectivity index is 2.24. The Hall–Kier alpha value is -1.60. The number of halogens is 3. The second-order valence-corrected chi connectivity index (χ2v) is 5.35. The van der Waals surface area contributed by atoms with Crippen molar-refractivity contribution in [2.24, 2.45) is 5.73 Å². The number of nitrogens with zero attached hydrogens (tertiary/aromatic N) is 3. The number of hydrogen-bond donors (Lipinski definition) is 1. The van der Waals surface area contributed by atoms with E-state index in [1.807, 2.05) is 11.1 Å². The zero-order chi connectivity index (χ0) is 15.6. The van der Waals surface area contributed by atoms with Gasteiger partial charge in [0.05, 0.1) is 12.2 Å². The van der Waals surface area contributed by atoms with Crippen molar-refractivity contribution in [2.45, 2.75) is 26.1 Å². The largest absolute Gasteiger partial charge is 0.417 e. The maximum atomic E-state index is 12.6. The van der Waals surface area contributed by atoms with Gasteiger partial charge >= 0.3 is 6.18 Å².